The maximum absolute atomic E-state index is 14.3. The van der Waals surface area contributed by atoms with Gasteiger partial charge in [0, 0.05) is 44.1 Å². The highest BCUT2D eigenvalue weighted by Gasteiger charge is 2.42. The minimum absolute atomic E-state index is 0.00360. The standard InChI is InChI=1S/C52H85Cl4N5O9SSi/c1-19-33(5)44(50(67)68-30-52(54,55)56)58-43(62)29-59(13)49(66)41(28-38-22-24-39(53)25-23-38)61(15)48(65)37(9)57-46(63)40(27-32(3)4)60(14)47(64)35(7)21-26-42(69-31-71-16)36(8)45(34(6)20-2)70-72(17,18)51(10,11)12/h20-25,32-33,36-37,40-42,44-45H,19,26-31H2,1-18H3,(H,57,63)(H,58,62)/b34-20+,35-21+/t33-,36+,37+,40-,41-,42+,44+,45-/m1/s1. The molecule has 0 aromatic heterocycles. The number of likely N-dealkylation sites (N-methyl/N-ethyl adjacent to an activating group) is 3. The molecule has 0 radical (unpaired) electrons. The van der Waals surface area contributed by atoms with Crippen LogP contribution < -0.4 is 10.6 Å². The van der Waals surface area contributed by atoms with Crippen LogP contribution in [0.2, 0.25) is 23.2 Å². The van der Waals surface area contributed by atoms with E-state index in [-0.39, 0.29) is 47.3 Å². The van der Waals surface area contributed by atoms with E-state index in [1.807, 2.05) is 40.0 Å². The Balaban J connectivity index is 3.44. The molecule has 0 aliphatic carbocycles. The maximum Gasteiger partial charge on any atom is 0.329 e. The van der Waals surface area contributed by atoms with Gasteiger partial charge in [-0.05, 0) is 100 Å². The van der Waals surface area contributed by atoms with Crippen molar-refractivity contribution in [2.75, 3.05) is 46.5 Å². The number of hydrogen-bond donors (Lipinski definition) is 2. The van der Waals surface area contributed by atoms with Crippen LogP contribution in [0.5, 0.6) is 0 Å². The van der Waals surface area contributed by atoms with Crippen LogP contribution in [0.25, 0.3) is 0 Å². The van der Waals surface area contributed by atoms with Gasteiger partial charge < -0.3 is 39.2 Å². The number of esters is 1. The third-order valence-electron chi connectivity index (χ3n) is 13.5. The highest BCUT2D eigenvalue weighted by atomic mass is 35.6. The number of amides is 5. The molecule has 0 spiro atoms. The largest absolute Gasteiger partial charge is 0.460 e. The fourth-order valence-corrected chi connectivity index (χ4v) is 9.48. The first kappa shape index (κ1) is 67.2. The number of ether oxygens (including phenoxy) is 2. The minimum Gasteiger partial charge on any atom is -0.460 e. The molecule has 0 aliphatic heterocycles. The zero-order valence-electron chi connectivity index (χ0n) is 46.0. The van der Waals surface area contributed by atoms with Gasteiger partial charge in [0.2, 0.25) is 33.3 Å². The van der Waals surface area contributed by atoms with Gasteiger partial charge in [0.1, 0.15) is 30.8 Å². The van der Waals surface area contributed by atoms with Crippen LogP contribution >= 0.6 is 58.2 Å². The number of benzene rings is 1. The van der Waals surface area contributed by atoms with E-state index in [2.05, 4.69) is 64.4 Å². The van der Waals surface area contributed by atoms with Crippen molar-refractivity contribution in [1.82, 2.24) is 25.3 Å². The summed E-state index contributed by atoms with van der Waals surface area (Å²) in [6.07, 6.45) is 6.72. The fourth-order valence-electron chi connectivity index (χ4n) is 7.49. The van der Waals surface area contributed by atoms with Crippen LogP contribution in [0.15, 0.2) is 47.6 Å². The molecular weight excluding hydrogens is 1040 g/mol. The number of carbonyl (C=O) groups excluding carboxylic acids is 6. The molecule has 410 valence electrons. The molecule has 5 amide bonds. The van der Waals surface area contributed by atoms with E-state index in [0.29, 0.717) is 41.4 Å². The molecule has 0 bridgehead atoms. The Bertz CT molecular complexity index is 2010. The quantitative estimate of drug-likeness (QED) is 0.0206. The number of carbonyl (C=O) groups is 6. The third-order valence-corrected chi connectivity index (χ3v) is 18.9. The molecule has 1 aromatic rings. The Morgan fingerprint density at radius 3 is 1.96 bits per heavy atom. The lowest BCUT2D eigenvalue weighted by Crippen LogP contribution is -2.57. The van der Waals surface area contributed by atoms with E-state index in [1.54, 1.807) is 56.9 Å². The number of alkyl halides is 3. The number of halogens is 4. The van der Waals surface area contributed by atoms with Gasteiger partial charge in [-0.25, -0.2) is 4.79 Å². The topological polar surface area (TPSA) is 164 Å². The molecule has 0 aliphatic rings. The van der Waals surface area contributed by atoms with E-state index >= 15 is 0 Å². The number of hydrogen-bond acceptors (Lipinski definition) is 10. The van der Waals surface area contributed by atoms with Crippen LogP contribution in [0, 0.1) is 17.8 Å². The number of nitrogens with one attached hydrogen (secondary N) is 2. The minimum atomic E-state index is -2.18. The van der Waals surface area contributed by atoms with Crippen molar-refractivity contribution in [3.63, 3.8) is 0 Å². The molecule has 1 aromatic carbocycles. The van der Waals surface area contributed by atoms with Crippen LogP contribution in [0.4, 0.5) is 0 Å². The summed E-state index contributed by atoms with van der Waals surface area (Å²) in [4.78, 5) is 87.2. The highest BCUT2D eigenvalue weighted by molar-refractivity contribution is 7.98. The predicted molar refractivity (Wildman–Crippen MR) is 298 cm³/mol. The van der Waals surface area contributed by atoms with E-state index in [9.17, 15) is 28.8 Å². The number of rotatable bonds is 28. The summed E-state index contributed by atoms with van der Waals surface area (Å²) in [6.45, 7) is 27.1. The first-order valence-corrected chi connectivity index (χ1v) is 30.4. The Labute approximate surface area is 456 Å². The van der Waals surface area contributed by atoms with Crippen LogP contribution in [-0.2, 0) is 49.1 Å². The number of nitrogens with zero attached hydrogens (tertiary/aromatic N) is 3. The normalized spacial score (nSPS) is 16.1. The van der Waals surface area contributed by atoms with E-state index in [1.165, 1.54) is 30.8 Å². The maximum atomic E-state index is 14.3. The first-order valence-electron chi connectivity index (χ1n) is 24.6. The molecule has 8 atom stereocenters. The SMILES string of the molecule is C/C=C(\C)[C@@H](O[Si](C)(C)C(C)(C)C)[C@@H](C)[C@H](C/C=C(\C)C(=O)N(C)[C@H](CC(C)C)C(=O)N[C@@H](C)C(=O)N(C)[C@H](Cc1ccc(Cl)cc1)C(=O)N(C)CC(=O)N[C@H](C(=O)OCC(Cl)(Cl)Cl)[C@H](C)CC)OCSC. The zero-order chi connectivity index (χ0) is 55.6. The van der Waals surface area contributed by atoms with Crippen molar-refractivity contribution in [3.05, 3.63) is 58.1 Å². The molecule has 14 nitrogen and oxygen atoms in total. The van der Waals surface area contributed by atoms with E-state index in [0.717, 1.165) is 10.5 Å². The molecule has 72 heavy (non-hydrogen) atoms. The van der Waals surface area contributed by atoms with Gasteiger partial charge in [0.05, 0.1) is 24.7 Å². The molecule has 0 saturated heterocycles. The summed E-state index contributed by atoms with van der Waals surface area (Å²) in [5.41, 5.74) is 2.23. The van der Waals surface area contributed by atoms with Crippen LogP contribution in [0.1, 0.15) is 108 Å². The van der Waals surface area contributed by atoms with Crippen molar-refractivity contribution in [3.8, 4) is 0 Å². The average Bonchev–Trinajstić information content (AvgIpc) is 3.30. The zero-order valence-corrected chi connectivity index (χ0v) is 50.9. The van der Waals surface area contributed by atoms with Gasteiger partial charge in [0.25, 0.3) is 0 Å². The molecule has 0 saturated carbocycles. The van der Waals surface area contributed by atoms with Gasteiger partial charge in [-0.2, -0.15) is 0 Å². The second kappa shape index (κ2) is 30.7. The average molecular weight is 1130 g/mol. The third kappa shape index (κ3) is 21.8. The Hall–Kier alpha value is -2.83. The molecular formula is C52H85Cl4N5O9SSi. The fraction of sp³-hybridized carbons (Fsp3) is 0.692. The summed E-state index contributed by atoms with van der Waals surface area (Å²) in [7, 11) is 2.26. The molecule has 0 fully saturated rings. The number of thioether (sulfide) groups is 1. The smallest absolute Gasteiger partial charge is 0.329 e. The van der Waals surface area contributed by atoms with Gasteiger partial charge in [0.15, 0.2) is 8.32 Å². The second-order valence-corrected chi connectivity index (χ2v) is 29.4. The Kier molecular flexibility index (Phi) is 28.6. The molecule has 1 rings (SSSR count). The monoisotopic (exact) mass is 1120 g/mol. The number of allylic oxidation sites excluding steroid dienone is 1. The summed E-state index contributed by atoms with van der Waals surface area (Å²) in [6, 6.07) is 2.43. The van der Waals surface area contributed by atoms with Crippen molar-refractivity contribution in [2.24, 2.45) is 17.8 Å². The molecule has 20 heteroatoms. The van der Waals surface area contributed by atoms with Crippen molar-refractivity contribution in [1.29, 1.82) is 0 Å². The predicted octanol–water partition coefficient (Wildman–Crippen LogP) is 10.0. The van der Waals surface area contributed by atoms with Crippen LogP contribution in [0.3, 0.4) is 0 Å². The van der Waals surface area contributed by atoms with Gasteiger partial charge in [-0.1, -0.05) is 132 Å². The van der Waals surface area contributed by atoms with Crippen LogP contribution in [-0.4, -0.2) is 145 Å². The lowest BCUT2D eigenvalue weighted by molar-refractivity contribution is -0.150. The lowest BCUT2D eigenvalue weighted by atomic mass is 9.90. The first-order chi connectivity index (χ1) is 33.1. The summed E-state index contributed by atoms with van der Waals surface area (Å²) in [5.74, 6) is -3.51. The van der Waals surface area contributed by atoms with Gasteiger partial charge >= 0.3 is 5.97 Å². The van der Waals surface area contributed by atoms with Crippen molar-refractivity contribution >= 4 is 102 Å². The summed E-state index contributed by atoms with van der Waals surface area (Å²) in [5, 5.41) is 5.94. The Morgan fingerprint density at radius 2 is 1.46 bits per heavy atom. The highest BCUT2D eigenvalue weighted by Crippen LogP contribution is 2.40. The molecule has 0 heterocycles. The lowest BCUT2D eigenvalue weighted by Gasteiger charge is -2.42. The van der Waals surface area contributed by atoms with Crippen molar-refractivity contribution < 1.29 is 42.7 Å². The molecule has 0 unspecified atom stereocenters. The van der Waals surface area contributed by atoms with E-state index in [4.69, 9.17) is 60.3 Å². The summed E-state index contributed by atoms with van der Waals surface area (Å²) >= 11 is 25.1. The van der Waals surface area contributed by atoms with E-state index < -0.39 is 79.0 Å². The Morgan fingerprint density at radius 1 is 0.875 bits per heavy atom. The van der Waals surface area contributed by atoms with Crippen molar-refractivity contribution in [2.45, 2.75) is 167 Å². The second-order valence-electron chi connectivity index (χ2n) is 20.9. The van der Waals surface area contributed by atoms with Gasteiger partial charge in [-0.15, -0.1) is 11.8 Å². The molecule has 2 N–H and O–H groups in total. The summed E-state index contributed by atoms with van der Waals surface area (Å²) < 4.78 is 16.7. The van der Waals surface area contributed by atoms with Gasteiger partial charge in [-0.3, -0.25) is 24.0 Å².